The summed E-state index contributed by atoms with van der Waals surface area (Å²) < 4.78 is 0. The summed E-state index contributed by atoms with van der Waals surface area (Å²) in [6.45, 7) is 7.65. The van der Waals surface area contributed by atoms with Gasteiger partial charge in [-0.2, -0.15) is 0 Å². The molecule has 1 atom stereocenters. The van der Waals surface area contributed by atoms with Crippen molar-refractivity contribution < 1.29 is 19.2 Å². The number of aryl methyl sites for hydroxylation is 2. The topological polar surface area (TPSA) is 144 Å². The van der Waals surface area contributed by atoms with E-state index in [9.17, 15) is 19.2 Å². The molecule has 0 fully saturated rings. The smallest absolute Gasteiger partial charge is 0.252 e. The maximum Gasteiger partial charge on any atom is 0.252 e. The van der Waals surface area contributed by atoms with Crippen LogP contribution in [0.5, 0.6) is 0 Å². The first-order valence-corrected chi connectivity index (χ1v) is 13.7. The second-order valence-corrected chi connectivity index (χ2v) is 10.1. The molecule has 1 aliphatic rings. The number of nitrogens with one attached hydrogen (secondary N) is 2. The van der Waals surface area contributed by atoms with Crippen molar-refractivity contribution in [1.29, 1.82) is 0 Å². The zero-order chi connectivity index (χ0) is 29.9. The molecule has 1 unspecified atom stereocenters. The third-order valence-corrected chi connectivity index (χ3v) is 7.09. The number of ketones is 2. The van der Waals surface area contributed by atoms with E-state index < -0.39 is 0 Å². The Morgan fingerprint density at radius 3 is 2.54 bits per heavy atom. The Morgan fingerprint density at radius 2 is 1.78 bits per heavy atom. The molecule has 4 rings (SSSR count). The van der Waals surface area contributed by atoms with Crippen molar-refractivity contribution in [2.45, 2.75) is 52.0 Å². The highest BCUT2D eigenvalue weighted by Crippen LogP contribution is 2.27. The number of nitrogens with two attached hydrogens (primary N) is 2. The first-order chi connectivity index (χ1) is 19.7. The second kappa shape index (κ2) is 14.8. The lowest BCUT2D eigenvalue weighted by molar-refractivity contribution is -0.115. The van der Waals surface area contributed by atoms with Crippen molar-refractivity contribution in [2.75, 3.05) is 6.54 Å². The Balaban J connectivity index is 0.00000226. The minimum Gasteiger partial charge on any atom is -0.352 e. The monoisotopic (exact) mass is 554 g/mol. The molecule has 4 bridgehead atoms. The highest BCUT2D eigenvalue weighted by Gasteiger charge is 2.20. The molecule has 41 heavy (non-hydrogen) atoms. The molecule has 0 spiro atoms. The molecule has 0 saturated carbocycles. The number of Topliss-reactive ketones (excluding diaryl/α,β-unsaturated/α-hetero) is 1. The van der Waals surface area contributed by atoms with Crippen molar-refractivity contribution in [2.24, 2.45) is 11.7 Å². The second-order valence-electron chi connectivity index (χ2n) is 10.1. The summed E-state index contributed by atoms with van der Waals surface area (Å²) in [5.74, 6) is 7.07. The minimum atomic E-state index is -0.310. The van der Waals surface area contributed by atoms with Crippen molar-refractivity contribution in [3.05, 3.63) is 107 Å². The Hall–Kier alpha value is -4.40. The number of rotatable bonds is 6. The van der Waals surface area contributed by atoms with Gasteiger partial charge in [0.05, 0.1) is 6.04 Å². The number of allylic oxidation sites excluding steroid dienone is 3. The van der Waals surface area contributed by atoms with Gasteiger partial charge in [0.2, 0.25) is 0 Å². The number of carbonyl (C=O) groups is 4. The summed E-state index contributed by atoms with van der Waals surface area (Å²) in [4.78, 5) is 50.3. The average Bonchev–Trinajstić information content (AvgIpc) is 2.98. The minimum absolute atomic E-state index is 0.120. The molecule has 2 amide bonds. The van der Waals surface area contributed by atoms with E-state index in [2.05, 4.69) is 53.2 Å². The molecular formula is C33H38N4O4. The van der Waals surface area contributed by atoms with Crippen molar-refractivity contribution in [3.63, 3.8) is 0 Å². The lowest BCUT2D eigenvalue weighted by atomic mass is 9.94. The number of hydrogen-bond acceptors (Lipinski definition) is 6. The maximum atomic E-state index is 13.6. The van der Waals surface area contributed by atoms with Crippen LogP contribution in [0.4, 0.5) is 0 Å². The number of amides is 2. The fraction of sp³-hybridized carbons (Fsp3) is 0.273. The SMILES string of the molecule is C=C(/C=C/C(C)=O)C(=O)CCc1ccc2cc1C(=O)NC(C)c1cccc3ccc(cc13)CCCCNC2=O.NN. The van der Waals surface area contributed by atoms with Crippen LogP contribution in [0, 0.1) is 0 Å². The Labute approximate surface area is 240 Å². The third kappa shape index (κ3) is 8.30. The highest BCUT2D eigenvalue weighted by atomic mass is 16.2. The van der Waals surface area contributed by atoms with Crippen LogP contribution in [0.25, 0.3) is 10.8 Å². The molecule has 1 aliphatic heterocycles. The van der Waals surface area contributed by atoms with Gasteiger partial charge in [0, 0.05) is 29.7 Å². The summed E-state index contributed by atoms with van der Waals surface area (Å²) in [5.41, 5.74) is 3.90. The molecule has 3 aromatic carbocycles. The summed E-state index contributed by atoms with van der Waals surface area (Å²) in [6, 6.07) is 17.3. The van der Waals surface area contributed by atoms with E-state index in [0.29, 0.717) is 29.7 Å². The lowest BCUT2D eigenvalue weighted by Crippen LogP contribution is -2.29. The average molecular weight is 555 g/mol. The van der Waals surface area contributed by atoms with E-state index >= 15 is 0 Å². The number of carbonyl (C=O) groups excluding carboxylic acids is 4. The van der Waals surface area contributed by atoms with Crippen LogP contribution >= 0.6 is 0 Å². The number of hydrazine groups is 1. The predicted octanol–water partition coefficient (Wildman–Crippen LogP) is 4.42. The molecule has 3 aromatic rings. The molecule has 0 aromatic heterocycles. The molecule has 214 valence electrons. The standard InChI is InChI=1S/C33H34N2O4.H4N2/c1-21(10-11-22(2)36)31(37)17-16-26-14-15-27-20-30(26)33(39)35-23(3)28-9-6-8-25-13-12-24(19-29(25)28)7-4-5-18-34-32(27)38;1-2/h6,8-15,19-20,23H,1,4-5,7,16-18H2,2-3H3,(H,34,38)(H,35,39);1-2H2/b11-10+;. The van der Waals surface area contributed by atoms with Gasteiger partial charge in [-0.1, -0.05) is 49.0 Å². The largest absolute Gasteiger partial charge is 0.352 e. The first-order valence-electron chi connectivity index (χ1n) is 13.7. The third-order valence-electron chi connectivity index (χ3n) is 7.09. The van der Waals surface area contributed by atoms with Crippen LogP contribution in [0.1, 0.15) is 76.6 Å². The van der Waals surface area contributed by atoms with E-state index in [4.69, 9.17) is 0 Å². The lowest BCUT2D eigenvalue weighted by Gasteiger charge is -2.19. The van der Waals surface area contributed by atoms with Gasteiger partial charge in [-0.25, -0.2) is 0 Å². The molecule has 0 radical (unpaired) electrons. The van der Waals surface area contributed by atoms with Crippen LogP contribution < -0.4 is 22.3 Å². The molecule has 6 N–H and O–H groups in total. The molecule has 1 heterocycles. The Bertz CT molecular complexity index is 1490. The summed E-state index contributed by atoms with van der Waals surface area (Å²) in [6.07, 6.45) is 5.84. The van der Waals surface area contributed by atoms with Gasteiger partial charge >= 0.3 is 0 Å². The van der Waals surface area contributed by atoms with Gasteiger partial charge in [0.15, 0.2) is 11.6 Å². The van der Waals surface area contributed by atoms with Gasteiger partial charge < -0.3 is 10.6 Å². The fourth-order valence-corrected chi connectivity index (χ4v) is 4.85. The number of fused-ring (bicyclic) bond motifs is 3. The van der Waals surface area contributed by atoms with Gasteiger partial charge in [0.25, 0.3) is 11.8 Å². The van der Waals surface area contributed by atoms with Gasteiger partial charge in [-0.05, 0) is 91.3 Å². The van der Waals surface area contributed by atoms with Crippen LogP contribution in [0.2, 0.25) is 0 Å². The maximum absolute atomic E-state index is 13.6. The summed E-state index contributed by atoms with van der Waals surface area (Å²) in [7, 11) is 0. The van der Waals surface area contributed by atoms with E-state index in [1.54, 1.807) is 18.2 Å². The molecular weight excluding hydrogens is 516 g/mol. The zero-order valence-corrected chi connectivity index (χ0v) is 23.7. The quantitative estimate of drug-likeness (QED) is 0.154. The Kier molecular flexibility index (Phi) is 11.3. The van der Waals surface area contributed by atoms with Crippen LogP contribution in [-0.4, -0.2) is 29.9 Å². The molecule has 8 heteroatoms. The molecule has 8 nitrogen and oxygen atoms in total. The van der Waals surface area contributed by atoms with Crippen LogP contribution in [0.15, 0.2) is 78.9 Å². The predicted molar refractivity (Wildman–Crippen MR) is 162 cm³/mol. The van der Waals surface area contributed by atoms with Gasteiger partial charge in [-0.15, -0.1) is 0 Å². The molecule has 0 saturated heterocycles. The summed E-state index contributed by atoms with van der Waals surface area (Å²) in [5, 5.41) is 8.30. The van der Waals surface area contributed by atoms with Gasteiger partial charge in [-0.3, -0.25) is 30.9 Å². The van der Waals surface area contributed by atoms with E-state index in [0.717, 1.165) is 35.6 Å². The first kappa shape index (κ1) is 31.1. The van der Waals surface area contributed by atoms with Crippen LogP contribution in [0.3, 0.4) is 0 Å². The number of benzene rings is 3. The Morgan fingerprint density at radius 1 is 1.00 bits per heavy atom. The highest BCUT2D eigenvalue weighted by molar-refractivity contribution is 6.02. The van der Waals surface area contributed by atoms with Crippen LogP contribution in [-0.2, 0) is 22.4 Å². The van der Waals surface area contributed by atoms with E-state index in [1.807, 2.05) is 19.1 Å². The van der Waals surface area contributed by atoms with Crippen molar-refractivity contribution in [3.8, 4) is 0 Å². The summed E-state index contributed by atoms with van der Waals surface area (Å²) >= 11 is 0. The van der Waals surface area contributed by atoms with E-state index in [-0.39, 0.29) is 41.4 Å². The van der Waals surface area contributed by atoms with Crippen molar-refractivity contribution in [1.82, 2.24) is 10.6 Å². The van der Waals surface area contributed by atoms with E-state index in [1.165, 1.54) is 24.6 Å². The number of hydrogen-bond donors (Lipinski definition) is 4. The fourth-order valence-electron chi connectivity index (χ4n) is 4.85. The van der Waals surface area contributed by atoms with Crippen molar-refractivity contribution >= 4 is 34.2 Å². The molecule has 0 aliphatic carbocycles. The van der Waals surface area contributed by atoms with Gasteiger partial charge in [0.1, 0.15) is 0 Å². The zero-order valence-electron chi connectivity index (χ0n) is 23.7. The normalized spacial score (nSPS) is 15.6.